The van der Waals surface area contributed by atoms with Gasteiger partial charge >= 0.3 is 5.97 Å². The van der Waals surface area contributed by atoms with Gasteiger partial charge in [0.25, 0.3) is 0 Å². The van der Waals surface area contributed by atoms with Crippen LogP contribution >= 0.6 is 0 Å². The first-order valence-electron chi connectivity index (χ1n) is 7.47. The maximum Gasteiger partial charge on any atom is 0.340 e. The maximum atomic E-state index is 12.2. The Morgan fingerprint density at radius 1 is 1.00 bits per heavy atom. The zero-order valence-corrected chi connectivity index (χ0v) is 12.9. The Morgan fingerprint density at radius 2 is 1.65 bits per heavy atom. The lowest BCUT2D eigenvalue weighted by Gasteiger charge is -2.09. The lowest BCUT2D eigenvalue weighted by atomic mass is 10.1. The molecule has 23 heavy (non-hydrogen) atoms. The van der Waals surface area contributed by atoms with Crippen molar-refractivity contribution in [3.8, 4) is 11.3 Å². The van der Waals surface area contributed by atoms with Crippen LogP contribution in [-0.2, 0) is 11.3 Å². The summed E-state index contributed by atoms with van der Waals surface area (Å²) < 4.78 is 5.36. The van der Waals surface area contributed by atoms with Crippen LogP contribution in [0.5, 0.6) is 0 Å². The summed E-state index contributed by atoms with van der Waals surface area (Å²) in [5.41, 5.74) is 4.20. The van der Waals surface area contributed by atoms with Crippen molar-refractivity contribution in [2.75, 3.05) is 0 Å². The van der Waals surface area contributed by atoms with Gasteiger partial charge in [-0.25, -0.2) is 4.79 Å². The number of hydrogen-bond donors (Lipinski definition) is 0. The highest BCUT2D eigenvalue weighted by atomic mass is 16.5. The molecule has 0 fully saturated rings. The average molecular weight is 303 g/mol. The van der Waals surface area contributed by atoms with Gasteiger partial charge in [-0.1, -0.05) is 60.7 Å². The van der Waals surface area contributed by atoms with E-state index in [4.69, 9.17) is 4.74 Å². The number of benzene rings is 2. The lowest BCUT2D eigenvalue weighted by Crippen LogP contribution is -2.08. The monoisotopic (exact) mass is 303 g/mol. The van der Waals surface area contributed by atoms with Crippen LogP contribution in [0.3, 0.4) is 0 Å². The number of rotatable bonds is 4. The number of hydrogen-bond acceptors (Lipinski definition) is 3. The van der Waals surface area contributed by atoms with Gasteiger partial charge in [-0.05, 0) is 24.1 Å². The minimum absolute atomic E-state index is 0.263. The summed E-state index contributed by atoms with van der Waals surface area (Å²) in [6.45, 7) is 2.16. The molecule has 0 spiro atoms. The van der Waals surface area contributed by atoms with Crippen LogP contribution in [0.1, 0.15) is 21.5 Å². The van der Waals surface area contributed by atoms with E-state index in [1.807, 2.05) is 73.7 Å². The van der Waals surface area contributed by atoms with Crippen LogP contribution in [-0.4, -0.2) is 11.0 Å². The lowest BCUT2D eigenvalue weighted by molar-refractivity contribution is 0.0471. The van der Waals surface area contributed by atoms with E-state index >= 15 is 0 Å². The first-order valence-corrected chi connectivity index (χ1v) is 7.47. The molecule has 2 aromatic carbocycles. The summed E-state index contributed by atoms with van der Waals surface area (Å²) in [6.07, 6.45) is 1.59. The third kappa shape index (κ3) is 3.64. The largest absolute Gasteiger partial charge is 0.457 e. The summed E-state index contributed by atoms with van der Waals surface area (Å²) >= 11 is 0. The highest BCUT2D eigenvalue weighted by molar-refractivity contribution is 5.91. The highest BCUT2D eigenvalue weighted by Gasteiger charge is 2.12. The molecule has 1 aromatic heterocycles. The molecule has 0 N–H and O–H groups in total. The van der Waals surface area contributed by atoms with E-state index in [9.17, 15) is 4.79 Å². The number of aromatic nitrogens is 1. The van der Waals surface area contributed by atoms with Crippen molar-refractivity contribution < 1.29 is 9.53 Å². The van der Waals surface area contributed by atoms with Crippen molar-refractivity contribution in [3.05, 3.63) is 89.6 Å². The zero-order valence-electron chi connectivity index (χ0n) is 12.9. The van der Waals surface area contributed by atoms with E-state index in [0.29, 0.717) is 5.56 Å². The maximum absolute atomic E-state index is 12.2. The summed E-state index contributed by atoms with van der Waals surface area (Å²) in [4.78, 5) is 16.6. The summed E-state index contributed by atoms with van der Waals surface area (Å²) in [5.74, 6) is -0.349. The van der Waals surface area contributed by atoms with E-state index in [2.05, 4.69) is 4.98 Å². The molecule has 0 saturated carbocycles. The van der Waals surface area contributed by atoms with Gasteiger partial charge in [0.15, 0.2) is 0 Å². The van der Waals surface area contributed by atoms with E-state index in [-0.39, 0.29) is 12.6 Å². The second kappa shape index (κ2) is 6.88. The topological polar surface area (TPSA) is 39.2 Å². The van der Waals surface area contributed by atoms with Crippen molar-refractivity contribution in [2.24, 2.45) is 0 Å². The predicted octanol–water partition coefficient (Wildman–Crippen LogP) is 4.41. The molecule has 3 aromatic rings. The molecule has 0 aliphatic carbocycles. The molecule has 0 saturated heterocycles. The standard InChI is InChI=1S/C20H17NO2/c1-15-12-19(17-10-6-3-7-11-17)21-13-18(15)20(22)23-14-16-8-4-2-5-9-16/h2-13H,14H2,1H3. The minimum Gasteiger partial charge on any atom is -0.457 e. The molecule has 1 heterocycles. The van der Waals surface area contributed by atoms with Gasteiger partial charge < -0.3 is 4.74 Å². The molecule has 0 radical (unpaired) electrons. The number of esters is 1. The Hall–Kier alpha value is -2.94. The third-order valence-corrected chi connectivity index (χ3v) is 3.61. The van der Waals surface area contributed by atoms with Gasteiger partial charge in [0, 0.05) is 11.8 Å². The molecule has 3 heteroatoms. The van der Waals surface area contributed by atoms with Gasteiger partial charge in [0.2, 0.25) is 0 Å². The van der Waals surface area contributed by atoms with Crippen LogP contribution in [0, 0.1) is 6.92 Å². The summed E-state index contributed by atoms with van der Waals surface area (Å²) in [6, 6.07) is 21.4. The first kappa shape index (κ1) is 15.0. The van der Waals surface area contributed by atoms with Crippen LogP contribution in [0.25, 0.3) is 11.3 Å². The number of ether oxygens (including phenoxy) is 1. The van der Waals surface area contributed by atoms with Gasteiger partial charge in [0.1, 0.15) is 6.61 Å². The molecule has 3 nitrogen and oxygen atoms in total. The van der Waals surface area contributed by atoms with Gasteiger partial charge in [-0.15, -0.1) is 0 Å². The Kier molecular flexibility index (Phi) is 4.48. The van der Waals surface area contributed by atoms with Crippen LogP contribution < -0.4 is 0 Å². The molecular weight excluding hydrogens is 286 g/mol. The Balaban J connectivity index is 1.74. The van der Waals surface area contributed by atoms with Gasteiger partial charge in [-0.2, -0.15) is 0 Å². The molecule has 0 bridgehead atoms. The highest BCUT2D eigenvalue weighted by Crippen LogP contribution is 2.20. The van der Waals surface area contributed by atoms with Crippen LogP contribution in [0.4, 0.5) is 0 Å². The fourth-order valence-electron chi connectivity index (χ4n) is 2.34. The van der Waals surface area contributed by atoms with Crippen molar-refractivity contribution >= 4 is 5.97 Å². The molecule has 0 aliphatic heterocycles. The zero-order chi connectivity index (χ0) is 16.1. The number of carbonyl (C=O) groups excluding carboxylic acids is 1. The number of carbonyl (C=O) groups is 1. The second-order valence-corrected chi connectivity index (χ2v) is 5.31. The van der Waals surface area contributed by atoms with E-state index < -0.39 is 0 Å². The van der Waals surface area contributed by atoms with E-state index in [1.54, 1.807) is 6.20 Å². The number of pyridine rings is 1. The van der Waals surface area contributed by atoms with Crippen molar-refractivity contribution in [2.45, 2.75) is 13.5 Å². The SMILES string of the molecule is Cc1cc(-c2ccccc2)ncc1C(=O)OCc1ccccc1. The summed E-state index contributed by atoms with van der Waals surface area (Å²) in [5, 5.41) is 0. The van der Waals surface area contributed by atoms with Gasteiger partial charge in [0.05, 0.1) is 11.3 Å². The molecule has 0 atom stereocenters. The molecule has 0 aliphatic rings. The van der Waals surface area contributed by atoms with Crippen molar-refractivity contribution in [1.29, 1.82) is 0 Å². The number of nitrogens with zero attached hydrogens (tertiary/aromatic N) is 1. The molecule has 0 amide bonds. The quantitative estimate of drug-likeness (QED) is 0.670. The van der Waals surface area contributed by atoms with E-state index in [1.165, 1.54) is 0 Å². The van der Waals surface area contributed by atoms with Gasteiger partial charge in [-0.3, -0.25) is 4.98 Å². The molecule has 114 valence electrons. The fourth-order valence-corrected chi connectivity index (χ4v) is 2.34. The van der Waals surface area contributed by atoms with E-state index in [0.717, 1.165) is 22.4 Å². The summed E-state index contributed by atoms with van der Waals surface area (Å²) in [7, 11) is 0. The molecule has 0 unspecified atom stereocenters. The normalized spacial score (nSPS) is 10.3. The number of aryl methyl sites for hydroxylation is 1. The average Bonchev–Trinajstić information content (AvgIpc) is 2.61. The fraction of sp³-hybridized carbons (Fsp3) is 0.100. The Labute approximate surface area is 135 Å². The Bertz CT molecular complexity index is 798. The Morgan fingerprint density at radius 3 is 2.30 bits per heavy atom. The molecular formula is C20H17NO2. The molecule has 3 rings (SSSR count). The second-order valence-electron chi connectivity index (χ2n) is 5.31. The van der Waals surface area contributed by atoms with Crippen LogP contribution in [0.2, 0.25) is 0 Å². The first-order chi connectivity index (χ1) is 11.2. The van der Waals surface area contributed by atoms with Crippen molar-refractivity contribution in [3.63, 3.8) is 0 Å². The predicted molar refractivity (Wildman–Crippen MR) is 90.0 cm³/mol. The smallest absolute Gasteiger partial charge is 0.340 e. The van der Waals surface area contributed by atoms with Crippen LogP contribution in [0.15, 0.2) is 72.9 Å². The third-order valence-electron chi connectivity index (χ3n) is 3.61. The minimum atomic E-state index is -0.349. The van der Waals surface area contributed by atoms with Crippen molar-refractivity contribution in [1.82, 2.24) is 4.98 Å².